The molecule has 1 aromatic rings. The lowest BCUT2D eigenvalue weighted by atomic mass is 9.85. The highest BCUT2D eigenvalue weighted by Crippen LogP contribution is 2.27. The highest BCUT2D eigenvalue weighted by atomic mass is 32.2. The molecule has 0 aliphatic heterocycles. The standard InChI is InChI=1S/C15H24N2O2S/c1-3-12-4-6-14(7-5-12)17-20(18,19)15-10-8-13(16-2)9-11-15/h8-12,14,16-17H,3-7H2,1-2H3. The Balaban J connectivity index is 2.00. The molecule has 0 unspecified atom stereocenters. The third-order valence-corrected chi connectivity index (χ3v) is 5.74. The van der Waals surface area contributed by atoms with E-state index in [0.29, 0.717) is 4.90 Å². The van der Waals surface area contributed by atoms with Crippen LogP contribution in [-0.4, -0.2) is 21.5 Å². The smallest absolute Gasteiger partial charge is 0.240 e. The van der Waals surface area contributed by atoms with Crippen molar-refractivity contribution in [2.24, 2.45) is 5.92 Å². The van der Waals surface area contributed by atoms with Crippen LogP contribution in [0.15, 0.2) is 29.2 Å². The fourth-order valence-electron chi connectivity index (χ4n) is 2.78. The van der Waals surface area contributed by atoms with E-state index in [1.807, 2.05) is 7.05 Å². The number of anilines is 1. The van der Waals surface area contributed by atoms with Crippen molar-refractivity contribution >= 4 is 15.7 Å². The van der Waals surface area contributed by atoms with Crippen LogP contribution in [0.1, 0.15) is 39.0 Å². The van der Waals surface area contributed by atoms with E-state index in [-0.39, 0.29) is 6.04 Å². The van der Waals surface area contributed by atoms with Gasteiger partial charge in [0, 0.05) is 18.8 Å². The Morgan fingerprint density at radius 2 is 1.70 bits per heavy atom. The second-order valence-corrected chi connectivity index (χ2v) is 7.24. The average molecular weight is 296 g/mol. The Labute approximate surface area is 122 Å². The van der Waals surface area contributed by atoms with Crippen LogP contribution in [0.3, 0.4) is 0 Å². The molecule has 5 heteroatoms. The highest BCUT2D eigenvalue weighted by molar-refractivity contribution is 7.89. The molecular formula is C15H24N2O2S. The lowest BCUT2D eigenvalue weighted by Crippen LogP contribution is -2.37. The minimum Gasteiger partial charge on any atom is -0.388 e. The first-order valence-electron chi connectivity index (χ1n) is 7.35. The molecule has 0 bridgehead atoms. The predicted octanol–water partition coefficient (Wildman–Crippen LogP) is 2.98. The normalized spacial score (nSPS) is 23.5. The van der Waals surface area contributed by atoms with Gasteiger partial charge in [0.15, 0.2) is 0 Å². The Hall–Kier alpha value is -1.07. The molecule has 0 heterocycles. The minimum atomic E-state index is -3.39. The molecule has 0 spiro atoms. The van der Waals surface area contributed by atoms with Crippen molar-refractivity contribution in [2.75, 3.05) is 12.4 Å². The van der Waals surface area contributed by atoms with E-state index in [1.54, 1.807) is 24.3 Å². The Morgan fingerprint density at radius 3 is 2.20 bits per heavy atom. The van der Waals surface area contributed by atoms with Gasteiger partial charge >= 0.3 is 0 Å². The SMILES string of the molecule is CCC1CCC(NS(=O)(=O)c2ccc(NC)cc2)CC1. The second-order valence-electron chi connectivity index (χ2n) is 5.52. The van der Waals surface area contributed by atoms with Crippen molar-refractivity contribution in [1.82, 2.24) is 4.72 Å². The third kappa shape index (κ3) is 3.73. The predicted molar refractivity (Wildman–Crippen MR) is 82.3 cm³/mol. The molecule has 1 aliphatic rings. The van der Waals surface area contributed by atoms with E-state index in [4.69, 9.17) is 0 Å². The topological polar surface area (TPSA) is 58.2 Å². The van der Waals surface area contributed by atoms with Crippen molar-refractivity contribution in [3.63, 3.8) is 0 Å². The summed E-state index contributed by atoms with van der Waals surface area (Å²) < 4.78 is 27.5. The van der Waals surface area contributed by atoms with Gasteiger partial charge in [0.1, 0.15) is 0 Å². The molecule has 0 amide bonds. The van der Waals surface area contributed by atoms with E-state index >= 15 is 0 Å². The average Bonchev–Trinajstić information content (AvgIpc) is 2.48. The second kappa shape index (κ2) is 6.59. The van der Waals surface area contributed by atoms with Crippen LogP contribution in [0.2, 0.25) is 0 Å². The van der Waals surface area contributed by atoms with Gasteiger partial charge in [-0.25, -0.2) is 13.1 Å². The summed E-state index contributed by atoms with van der Waals surface area (Å²) in [6.07, 6.45) is 5.36. The lowest BCUT2D eigenvalue weighted by Gasteiger charge is -2.28. The van der Waals surface area contributed by atoms with Crippen molar-refractivity contribution in [3.05, 3.63) is 24.3 Å². The van der Waals surface area contributed by atoms with Gasteiger partial charge in [-0.05, 0) is 55.9 Å². The maximum atomic E-state index is 12.3. The van der Waals surface area contributed by atoms with Gasteiger partial charge in [-0.3, -0.25) is 0 Å². The highest BCUT2D eigenvalue weighted by Gasteiger charge is 2.24. The van der Waals surface area contributed by atoms with Gasteiger partial charge in [-0.15, -0.1) is 0 Å². The first-order valence-corrected chi connectivity index (χ1v) is 8.83. The molecule has 4 nitrogen and oxygen atoms in total. The number of hydrogen-bond acceptors (Lipinski definition) is 3. The zero-order valence-electron chi connectivity index (χ0n) is 12.2. The first kappa shape index (κ1) is 15.3. The van der Waals surface area contributed by atoms with Crippen LogP contribution >= 0.6 is 0 Å². The zero-order valence-corrected chi connectivity index (χ0v) is 13.0. The van der Waals surface area contributed by atoms with E-state index in [2.05, 4.69) is 17.0 Å². The van der Waals surface area contributed by atoms with Crippen LogP contribution in [0, 0.1) is 5.92 Å². The summed E-state index contributed by atoms with van der Waals surface area (Å²) in [6.45, 7) is 2.21. The number of sulfonamides is 1. The third-order valence-electron chi connectivity index (χ3n) is 4.20. The molecule has 0 saturated heterocycles. The van der Waals surface area contributed by atoms with Crippen molar-refractivity contribution in [3.8, 4) is 0 Å². The summed E-state index contributed by atoms with van der Waals surface area (Å²) in [4.78, 5) is 0.342. The Morgan fingerprint density at radius 1 is 1.10 bits per heavy atom. The summed E-state index contributed by atoms with van der Waals surface area (Å²) in [7, 11) is -1.57. The van der Waals surface area contributed by atoms with Crippen molar-refractivity contribution in [1.29, 1.82) is 0 Å². The number of hydrogen-bond donors (Lipinski definition) is 2. The molecule has 1 fully saturated rings. The quantitative estimate of drug-likeness (QED) is 0.878. The summed E-state index contributed by atoms with van der Waals surface area (Å²) in [6, 6.07) is 6.94. The first-order chi connectivity index (χ1) is 9.55. The molecule has 1 aromatic carbocycles. The molecule has 1 aliphatic carbocycles. The molecule has 112 valence electrons. The van der Waals surface area contributed by atoms with E-state index in [9.17, 15) is 8.42 Å². The molecule has 2 N–H and O–H groups in total. The van der Waals surface area contributed by atoms with Gasteiger partial charge in [-0.1, -0.05) is 13.3 Å². The summed E-state index contributed by atoms with van der Waals surface area (Å²) in [5, 5.41) is 2.98. The van der Waals surface area contributed by atoms with Gasteiger partial charge in [-0.2, -0.15) is 0 Å². The van der Waals surface area contributed by atoms with Crippen molar-refractivity contribution in [2.45, 2.75) is 50.0 Å². The lowest BCUT2D eigenvalue weighted by molar-refractivity contribution is 0.306. The molecule has 1 saturated carbocycles. The Kier molecular flexibility index (Phi) is 5.05. The summed E-state index contributed by atoms with van der Waals surface area (Å²) in [5.41, 5.74) is 0.910. The van der Waals surface area contributed by atoms with Gasteiger partial charge in [0.2, 0.25) is 10.0 Å². The fraction of sp³-hybridized carbons (Fsp3) is 0.600. The maximum absolute atomic E-state index is 12.3. The summed E-state index contributed by atoms with van der Waals surface area (Å²) >= 11 is 0. The number of benzene rings is 1. The fourth-order valence-corrected chi connectivity index (χ4v) is 4.08. The monoisotopic (exact) mass is 296 g/mol. The number of rotatable bonds is 5. The van der Waals surface area contributed by atoms with Crippen LogP contribution in [0.25, 0.3) is 0 Å². The zero-order chi connectivity index (χ0) is 14.6. The van der Waals surface area contributed by atoms with Crippen LogP contribution in [0.4, 0.5) is 5.69 Å². The Bertz CT molecular complexity index is 517. The van der Waals surface area contributed by atoms with Gasteiger partial charge in [0.05, 0.1) is 4.90 Å². The molecule has 0 atom stereocenters. The largest absolute Gasteiger partial charge is 0.388 e. The van der Waals surface area contributed by atoms with E-state index in [1.165, 1.54) is 6.42 Å². The summed E-state index contributed by atoms with van der Waals surface area (Å²) in [5.74, 6) is 0.769. The van der Waals surface area contributed by atoms with Crippen LogP contribution in [-0.2, 0) is 10.0 Å². The van der Waals surface area contributed by atoms with Crippen LogP contribution < -0.4 is 10.0 Å². The van der Waals surface area contributed by atoms with Gasteiger partial charge in [0.25, 0.3) is 0 Å². The van der Waals surface area contributed by atoms with Crippen LogP contribution in [0.5, 0.6) is 0 Å². The molecule has 0 radical (unpaired) electrons. The minimum absolute atomic E-state index is 0.0896. The molecular weight excluding hydrogens is 272 g/mol. The molecule has 0 aromatic heterocycles. The number of nitrogens with one attached hydrogen (secondary N) is 2. The van der Waals surface area contributed by atoms with E-state index in [0.717, 1.165) is 37.3 Å². The van der Waals surface area contributed by atoms with Gasteiger partial charge < -0.3 is 5.32 Å². The maximum Gasteiger partial charge on any atom is 0.240 e. The molecule has 20 heavy (non-hydrogen) atoms. The van der Waals surface area contributed by atoms with E-state index < -0.39 is 10.0 Å². The molecule has 2 rings (SSSR count). The van der Waals surface area contributed by atoms with Crippen molar-refractivity contribution < 1.29 is 8.42 Å².